The van der Waals surface area contributed by atoms with Crippen LogP contribution in [0.25, 0.3) is 0 Å². The summed E-state index contributed by atoms with van der Waals surface area (Å²) in [5, 5.41) is 1.56. The van der Waals surface area contributed by atoms with Crippen LogP contribution in [0.1, 0.15) is 11.3 Å². The van der Waals surface area contributed by atoms with Gasteiger partial charge in [0.1, 0.15) is 5.82 Å². The molecule has 0 fully saturated rings. The Balaban J connectivity index is 2.08. The molecule has 1 heterocycles. The third kappa shape index (κ3) is 4.11. The standard InChI is InChI=1S/C14H16ClN3S/c1-10-8-13(18(2)3)17-14(16-10)19-9-11-4-6-12(15)7-5-11/h4-8H,9H2,1-3H3. The number of halogens is 1. The zero-order valence-electron chi connectivity index (χ0n) is 11.2. The summed E-state index contributed by atoms with van der Waals surface area (Å²) >= 11 is 7.50. The highest BCUT2D eigenvalue weighted by Gasteiger charge is 2.05. The van der Waals surface area contributed by atoms with E-state index in [1.807, 2.05) is 56.3 Å². The van der Waals surface area contributed by atoms with Gasteiger partial charge in [0.05, 0.1) is 0 Å². The second-order valence-corrected chi connectivity index (χ2v) is 5.84. The quantitative estimate of drug-likeness (QED) is 0.633. The summed E-state index contributed by atoms with van der Waals surface area (Å²) in [5.41, 5.74) is 2.20. The summed E-state index contributed by atoms with van der Waals surface area (Å²) in [6, 6.07) is 9.84. The summed E-state index contributed by atoms with van der Waals surface area (Å²) < 4.78 is 0. The van der Waals surface area contributed by atoms with Gasteiger partial charge in [0.25, 0.3) is 0 Å². The molecule has 0 aliphatic carbocycles. The van der Waals surface area contributed by atoms with Crippen LogP contribution >= 0.6 is 23.4 Å². The molecule has 0 atom stereocenters. The van der Waals surface area contributed by atoms with Crippen molar-refractivity contribution in [3.63, 3.8) is 0 Å². The summed E-state index contributed by atoms with van der Waals surface area (Å²) in [7, 11) is 3.96. The maximum atomic E-state index is 5.87. The average molecular weight is 294 g/mol. The molecule has 2 aromatic rings. The molecule has 0 saturated heterocycles. The number of anilines is 1. The third-order valence-corrected chi connectivity index (χ3v) is 3.73. The van der Waals surface area contributed by atoms with Gasteiger partial charge in [-0.15, -0.1) is 0 Å². The molecule has 0 saturated carbocycles. The van der Waals surface area contributed by atoms with E-state index in [-0.39, 0.29) is 0 Å². The number of hydrogen-bond acceptors (Lipinski definition) is 4. The van der Waals surface area contributed by atoms with Crippen LogP contribution in [0, 0.1) is 6.92 Å². The molecular weight excluding hydrogens is 278 g/mol. The predicted octanol–water partition coefficient (Wildman–Crippen LogP) is 3.80. The minimum Gasteiger partial charge on any atom is -0.363 e. The fourth-order valence-electron chi connectivity index (χ4n) is 1.55. The minimum absolute atomic E-state index is 0.760. The van der Waals surface area contributed by atoms with Gasteiger partial charge in [-0.2, -0.15) is 0 Å². The topological polar surface area (TPSA) is 29.0 Å². The van der Waals surface area contributed by atoms with Crippen LogP contribution in [-0.2, 0) is 5.75 Å². The third-order valence-electron chi connectivity index (χ3n) is 2.56. The molecule has 0 N–H and O–H groups in total. The largest absolute Gasteiger partial charge is 0.363 e. The van der Waals surface area contributed by atoms with Crippen molar-refractivity contribution in [2.24, 2.45) is 0 Å². The van der Waals surface area contributed by atoms with Crippen LogP contribution in [-0.4, -0.2) is 24.1 Å². The molecule has 0 aliphatic rings. The Morgan fingerprint density at radius 2 is 1.84 bits per heavy atom. The van der Waals surface area contributed by atoms with Crippen LogP contribution in [0.5, 0.6) is 0 Å². The lowest BCUT2D eigenvalue weighted by Gasteiger charge is -2.12. The maximum absolute atomic E-state index is 5.87. The Hall–Kier alpha value is -1.26. The van der Waals surface area contributed by atoms with Crippen LogP contribution in [0.15, 0.2) is 35.5 Å². The summed E-state index contributed by atoms with van der Waals surface area (Å²) in [6.45, 7) is 1.99. The first-order valence-electron chi connectivity index (χ1n) is 5.95. The predicted molar refractivity (Wildman–Crippen MR) is 82.1 cm³/mol. The molecule has 2 rings (SSSR count). The Labute approximate surface area is 123 Å². The smallest absolute Gasteiger partial charge is 0.190 e. The number of rotatable bonds is 4. The molecule has 100 valence electrons. The molecule has 1 aromatic carbocycles. The molecule has 0 bridgehead atoms. The Kier molecular flexibility index (Phi) is 4.66. The zero-order chi connectivity index (χ0) is 13.8. The van der Waals surface area contributed by atoms with Crippen molar-refractivity contribution in [1.82, 2.24) is 9.97 Å². The Bertz CT molecular complexity index is 555. The van der Waals surface area contributed by atoms with Crippen LogP contribution in [0.3, 0.4) is 0 Å². The van der Waals surface area contributed by atoms with E-state index in [2.05, 4.69) is 9.97 Å². The lowest BCUT2D eigenvalue weighted by atomic mass is 10.2. The van der Waals surface area contributed by atoms with E-state index in [0.717, 1.165) is 27.4 Å². The number of hydrogen-bond donors (Lipinski definition) is 0. The van der Waals surface area contributed by atoms with E-state index in [1.54, 1.807) is 11.8 Å². The van der Waals surface area contributed by atoms with Crippen LogP contribution in [0.4, 0.5) is 5.82 Å². The van der Waals surface area contributed by atoms with Gasteiger partial charge in [-0.05, 0) is 24.6 Å². The van der Waals surface area contributed by atoms with Gasteiger partial charge in [-0.1, -0.05) is 35.5 Å². The van der Waals surface area contributed by atoms with Crippen molar-refractivity contribution in [3.8, 4) is 0 Å². The number of benzene rings is 1. The molecule has 0 radical (unpaired) electrons. The lowest BCUT2D eigenvalue weighted by Crippen LogP contribution is -2.11. The van der Waals surface area contributed by atoms with Gasteiger partial charge in [-0.25, -0.2) is 9.97 Å². The highest BCUT2D eigenvalue weighted by molar-refractivity contribution is 7.98. The van der Waals surface area contributed by atoms with Crippen molar-refractivity contribution in [2.45, 2.75) is 17.8 Å². The lowest BCUT2D eigenvalue weighted by molar-refractivity contribution is 0.902. The van der Waals surface area contributed by atoms with E-state index >= 15 is 0 Å². The molecule has 19 heavy (non-hydrogen) atoms. The SMILES string of the molecule is Cc1cc(N(C)C)nc(SCc2ccc(Cl)cc2)n1. The van der Waals surface area contributed by atoms with Gasteiger partial charge in [0, 0.05) is 36.6 Å². The fraction of sp³-hybridized carbons (Fsp3) is 0.286. The van der Waals surface area contributed by atoms with Gasteiger partial charge in [0.2, 0.25) is 0 Å². The van der Waals surface area contributed by atoms with E-state index in [4.69, 9.17) is 11.6 Å². The van der Waals surface area contributed by atoms with Crippen molar-refractivity contribution < 1.29 is 0 Å². The van der Waals surface area contributed by atoms with E-state index in [9.17, 15) is 0 Å². The Morgan fingerprint density at radius 3 is 2.47 bits per heavy atom. The minimum atomic E-state index is 0.760. The number of aromatic nitrogens is 2. The first-order chi connectivity index (χ1) is 9.04. The molecule has 0 aliphatic heterocycles. The molecule has 0 amide bonds. The summed E-state index contributed by atoms with van der Waals surface area (Å²) in [4.78, 5) is 11.0. The molecule has 3 nitrogen and oxygen atoms in total. The highest BCUT2D eigenvalue weighted by atomic mass is 35.5. The number of thioether (sulfide) groups is 1. The second-order valence-electron chi connectivity index (χ2n) is 4.46. The number of aryl methyl sites for hydroxylation is 1. The fourth-order valence-corrected chi connectivity index (χ4v) is 2.53. The van der Waals surface area contributed by atoms with Crippen LogP contribution in [0.2, 0.25) is 5.02 Å². The van der Waals surface area contributed by atoms with E-state index in [0.29, 0.717) is 0 Å². The monoisotopic (exact) mass is 293 g/mol. The molecule has 0 unspecified atom stereocenters. The van der Waals surface area contributed by atoms with Crippen molar-refractivity contribution in [3.05, 3.63) is 46.6 Å². The zero-order valence-corrected chi connectivity index (χ0v) is 12.8. The normalized spacial score (nSPS) is 10.5. The summed E-state index contributed by atoms with van der Waals surface area (Å²) in [5.74, 6) is 1.78. The Morgan fingerprint density at radius 1 is 1.16 bits per heavy atom. The van der Waals surface area contributed by atoms with Crippen molar-refractivity contribution in [1.29, 1.82) is 0 Å². The van der Waals surface area contributed by atoms with Crippen molar-refractivity contribution >= 4 is 29.2 Å². The van der Waals surface area contributed by atoms with Gasteiger partial charge in [-0.3, -0.25) is 0 Å². The molecular formula is C14H16ClN3S. The van der Waals surface area contributed by atoms with Gasteiger partial charge >= 0.3 is 0 Å². The van der Waals surface area contributed by atoms with E-state index in [1.165, 1.54) is 5.56 Å². The van der Waals surface area contributed by atoms with Gasteiger partial charge < -0.3 is 4.90 Å². The second kappa shape index (κ2) is 6.26. The van der Waals surface area contributed by atoms with Gasteiger partial charge in [0.15, 0.2) is 5.16 Å². The van der Waals surface area contributed by atoms with E-state index < -0.39 is 0 Å². The number of nitrogens with zero attached hydrogens (tertiary/aromatic N) is 3. The van der Waals surface area contributed by atoms with Crippen molar-refractivity contribution in [2.75, 3.05) is 19.0 Å². The average Bonchev–Trinajstić information content (AvgIpc) is 2.37. The maximum Gasteiger partial charge on any atom is 0.190 e. The molecule has 5 heteroatoms. The molecule has 1 aromatic heterocycles. The first kappa shape index (κ1) is 14.2. The molecule has 0 spiro atoms. The summed E-state index contributed by atoms with van der Waals surface area (Å²) in [6.07, 6.45) is 0. The van der Waals surface area contributed by atoms with Crippen LogP contribution < -0.4 is 4.90 Å². The highest BCUT2D eigenvalue weighted by Crippen LogP contribution is 2.22. The first-order valence-corrected chi connectivity index (χ1v) is 7.31.